The number of hydrogen-bond acceptors (Lipinski definition) is 6. The van der Waals surface area contributed by atoms with Crippen LogP contribution in [-0.4, -0.2) is 54.8 Å². The second-order valence-electron chi connectivity index (χ2n) is 7.47. The molecule has 0 radical (unpaired) electrons. The molecule has 0 bridgehead atoms. The Morgan fingerprint density at radius 1 is 1.19 bits per heavy atom. The number of hydrogen-bond donors (Lipinski definition) is 1. The number of ether oxygens (including phenoxy) is 1. The first-order valence-electron chi connectivity index (χ1n) is 10.1. The molecule has 2 saturated heterocycles. The number of carbonyl (C=O) groups is 3. The van der Waals surface area contributed by atoms with Crippen molar-refractivity contribution in [1.82, 2.24) is 4.90 Å². The Bertz CT molecular complexity index is 1100. The Balaban J connectivity index is 1.43. The maximum atomic E-state index is 13.3. The first-order valence-corrected chi connectivity index (χ1v) is 11.0. The van der Waals surface area contributed by atoms with Crippen molar-refractivity contribution in [2.24, 2.45) is 0 Å². The molecule has 4 rings (SSSR count). The number of nitrogens with one attached hydrogen (secondary N) is 1. The van der Waals surface area contributed by atoms with E-state index in [0.29, 0.717) is 13.2 Å². The molecule has 166 valence electrons. The van der Waals surface area contributed by atoms with Gasteiger partial charge in [0.1, 0.15) is 12.4 Å². The monoisotopic (exact) mass is 455 g/mol. The van der Waals surface area contributed by atoms with Gasteiger partial charge >= 0.3 is 0 Å². The summed E-state index contributed by atoms with van der Waals surface area (Å²) >= 11 is 0.797. The molecule has 0 aromatic heterocycles. The number of amides is 3. The molecule has 1 N–H and O–H groups in total. The zero-order valence-corrected chi connectivity index (χ0v) is 18.3. The molecule has 32 heavy (non-hydrogen) atoms. The maximum Gasteiger partial charge on any atom is 0.294 e. The lowest BCUT2D eigenvalue weighted by Crippen LogP contribution is -2.36. The summed E-state index contributed by atoms with van der Waals surface area (Å²) in [5.74, 6) is -1.60. The van der Waals surface area contributed by atoms with Gasteiger partial charge in [0.25, 0.3) is 11.1 Å². The van der Waals surface area contributed by atoms with Gasteiger partial charge in [0.15, 0.2) is 0 Å². The van der Waals surface area contributed by atoms with Crippen molar-refractivity contribution in [3.8, 4) is 0 Å². The van der Waals surface area contributed by atoms with Gasteiger partial charge in [-0.05, 0) is 66.2 Å². The normalized spacial score (nSPS) is 17.9. The minimum absolute atomic E-state index is 0.257. The van der Waals surface area contributed by atoms with E-state index < -0.39 is 29.4 Å². The van der Waals surface area contributed by atoms with Crippen LogP contribution < -0.4 is 10.2 Å². The van der Waals surface area contributed by atoms with E-state index in [4.69, 9.17) is 4.74 Å². The van der Waals surface area contributed by atoms with Crippen LogP contribution in [0.15, 0.2) is 47.4 Å². The summed E-state index contributed by atoms with van der Waals surface area (Å²) in [5, 5.41) is 1.98. The second kappa shape index (κ2) is 9.54. The Morgan fingerprint density at radius 3 is 2.69 bits per heavy atom. The molecule has 2 heterocycles. The number of morpholine rings is 1. The molecule has 7 nitrogen and oxygen atoms in total. The lowest BCUT2D eigenvalue weighted by molar-refractivity contribution is -0.127. The summed E-state index contributed by atoms with van der Waals surface area (Å²) in [6.45, 7) is 4.62. The standard InChI is InChI=1S/C23H22FN3O4S/c1-15-11-16(5-6-19(15)26-7-9-31-10-8-26)12-20-22(29)27(23(30)32-20)14-21(28)25-18-4-2-3-17(24)13-18/h2-6,11-13H,7-10,14H2,1H3,(H,25,28)/b20-12+. The van der Waals surface area contributed by atoms with E-state index in [0.717, 1.165) is 52.6 Å². The third-order valence-electron chi connectivity index (χ3n) is 5.15. The van der Waals surface area contributed by atoms with E-state index in [1.165, 1.54) is 18.2 Å². The van der Waals surface area contributed by atoms with Crippen molar-refractivity contribution < 1.29 is 23.5 Å². The molecule has 9 heteroatoms. The van der Waals surface area contributed by atoms with Gasteiger partial charge in [-0.3, -0.25) is 19.3 Å². The molecule has 2 aliphatic heterocycles. The number of carbonyl (C=O) groups excluding carboxylic acids is 3. The Kier molecular flexibility index (Phi) is 6.57. The Hall–Kier alpha value is -3.17. The molecule has 0 atom stereocenters. The zero-order valence-electron chi connectivity index (χ0n) is 17.5. The van der Waals surface area contributed by atoms with Crippen molar-refractivity contribution in [2.45, 2.75) is 6.92 Å². The lowest BCUT2D eigenvalue weighted by atomic mass is 10.1. The van der Waals surface area contributed by atoms with Crippen molar-refractivity contribution in [1.29, 1.82) is 0 Å². The summed E-state index contributed by atoms with van der Waals surface area (Å²) in [4.78, 5) is 40.7. The average molecular weight is 456 g/mol. The molecule has 2 aliphatic rings. The minimum Gasteiger partial charge on any atom is -0.378 e. The van der Waals surface area contributed by atoms with Gasteiger partial charge in [-0.25, -0.2) is 4.39 Å². The van der Waals surface area contributed by atoms with Crippen LogP contribution in [-0.2, 0) is 14.3 Å². The first-order chi connectivity index (χ1) is 15.4. The Morgan fingerprint density at radius 2 is 1.97 bits per heavy atom. The molecule has 2 aromatic carbocycles. The molecule has 2 fully saturated rings. The number of thioether (sulfide) groups is 1. The van der Waals surface area contributed by atoms with Crippen LogP contribution in [0, 0.1) is 12.7 Å². The number of benzene rings is 2. The molecular formula is C23H22FN3O4S. The van der Waals surface area contributed by atoms with Crippen LogP contribution in [0.1, 0.15) is 11.1 Å². The fourth-order valence-corrected chi connectivity index (χ4v) is 4.46. The van der Waals surface area contributed by atoms with Crippen LogP contribution in [0.3, 0.4) is 0 Å². The van der Waals surface area contributed by atoms with Gasteiger partial charge in [-0.15, -0.1) is 0 Å². The van der Waals surface area contributed by atoms with Crippen molar-refractivity contribution >= 4 is 46.3 Å². The highest BCUT2D eigenvalue weighted by Crippen LogP contribution is 2.33. The van der Waals surface area contributed by atoms with E-state index >= 15 is 0 Å². The fourth-order valence-electron chi connectivity index (χ4n) is 3.63. The SMILES string of the molecule is Cc1cc(/C=C2/SC(=O)N(CC(=O)Nc3cccc(F)c3)C2=O)ccc1N1CCOCC1. The van der Waals surface area contributed by atoms with Crippen LogP contribution in [0.5, 0.6) is 0 Å². The van der Waals surface area contributed by atoms with E-state index in [2.05, 4.69) is 10.2 Å². The highest BCUT2D eigenvalue weighted by molar-refractivity contribution is 8.18. The molecular weight excluding hydrogens is 433 g/mol. The quantitative estimate of drug-likeness (QED) is 0.694. The van der Waals surface area contributed by atoms with E-state index in [1.54, 1.807) is 6.08 Å². The van der Waals surface area contributed by atoms with E-state index in [1.807, 2.05) is 25.1 Å². The van der Waals surface area contributed by atoms with Crippen LogP contribution >= 0.6 is 11.8 Å². The van der Waals surface area contributed by atoms with Gasteiger partial charge < -0.3 is 15.0 Å². The van der Waals surface area contributed by atoms with Crippen molar-refractivity contribution in [3.05, 3.63) is 64.3 Å². The summed E-state index contributed by atoms with van der Waals surface area (Å²) < 4.78 is 18.7. The number of imide groups is 1. The predicted octanol–water partition coefficient (Wildman–Crippen LogP) is 3.65. The first kappa shape index (κ1) is 22.0. The number of aryl methyl sites for hydroxylation is 1. The highest BCUT2D eigenvalue weighted by atomic mass is 32.2. The predicted molar refractivity (Wildman–Crippen MR) is 122 cm³/mol. The van der Waals surface area contributed by atoms with Crippen molar-refractivity contribution in [3.63, 3.8) is 0 Å². The molecule has 0 unspecified atom stereocenters. The fraction of sp³-hybridized carbons (Fsp3) is 0.261. The van der Waals surface area contributed by atoms with E-state index in [-0.39, 0.29) is 10.6 Å². The number of halogens is 1. The summed E-state index contributed by atoms with van der Waals surface area (Å²) in [6.07, 6.45) is 1.66. The number of anilines is 2. The summed E-state index contributed by atoms with van der Waals surface area (Å²) in [5.41, 5.74) is 3.24. The van der Waals surface area contributed by atoms with Gasteiger partial charge in [-0.2, -0.15) is 0 Å². The maximum absolute atomic E-state index is 13.3. The Labute approximate surface area is 189 Å². The minimum atomic E-state index is -0.579. The molecule has 0 saturated carbocycles. The van der Waals surface area contributed by atoms with E-state index in [9.17, 15) is 18.8 Å². The largest absolute Gasteiger partial charge is 0.378 e. The van der Waals surface area contributed by atoms with Crippen LogP contribution in [0.25, 0.3) is 6.08 Å². The molecule has 0 spiro atoms. The third-order valence-corrected chi connectivity index (χ3v) is 6.06. The van der Waals surface area contributed by atoms with Crippen LogP contribution in [0.2, 0.25) is 0 Å². The average Bonchev–Trinajstić information content (AvgIpc) is 3.02. The number of rotatable bonds is 5. The third kappa shape index (κ3) is 5.00. The van der Waals surface area contributed by atoms with Gasteiger partial charge in [-0.1, -0.05) is 12.1 Å². The topological polar surface area (TPSA) is 79.0 Å². The lowest BCUT2D eigenvalue weighted by Gasteiger charge is -2.30. The second-order valence-corrected chi connectivity index (χ2v) is 8.46. The van der Waals surface area contributed by atoms with Crippen LogP contribution in [0.4, 0.5) is 20.6 Å². The summed E-state index contributed by atoms with van der Waals surface area (Å²) in [6, 6.07) is 11.3. The number of nitrogens with zero attached hydrogens (tertiary/aromatic N) is 2. The highest BCUT2D eigenvalue weighted by Gasteiger charge is 2.36. The summed E-state index contributed by atoms with van der Waals surface area (Å²) in [7, 11) is 0. The molecule has 2 aromatic rings. The molecule has 0 aliphatic carbocycles. The molecule has 3 amide bonds. The smallest absolute Gasteiger partial charge is 0.294 e. The van der Waals surface area contributed by atoms with Gasteiger partial charge in [0.2, 0.25) is 5.91 Å². The van der Waals surface area contributed by atoms with Crippen molar-refractivity contribution in [2.75, 3.05) is 43.1 Å². The van der Waals surface area contributed by atoms with Gasteiger partial charge in [0.05, 0.1) is 18.1 Å². The zero-order chi connectivity index (χ0) is 22.7. The van der Waals surface area contributed by atoms with Gasteiger partial charge in [0, 0.05) is 24.5 Å².